The predicted molar refractivity (Wildman–Crippen MR) is 193 cm³/mol. The second-order valence-electron chi connectivity index (χ2n) is 7.43. The Morgan fingerprint density at radius 2 is 0.667 bits per heavy atom. The van der Waals surface area contributed by atoms with Gasteiger partial charge in [0.05, 0.1) is 23.5 Å². The fourth-order valence-corrected chi connectivity index (χ4v) is 4.02. The number of benzene rings is 4. The van der Waals surface area contributed by atoms with Gasteiger partial charge in [-0.15, -0.1) is 0 Å². The summed E-state index contributed by atoms with van der Waals surface area (Å²) in [6.07, 6.45) is 0. The number of hydrogen-bond donors (Lipinski definition) is 0. The van der Waals surface area contributed by atoms with Gasteiger partial charge in [-0.05, 0) is 104 Å². The van der Waals surface area contributed by atoms with Crippen LogP contribution >= 0.6 is 58.0 Å². The van der Waals surface area contributed by atoms with Crippen molar-refractivity contribution in [2.75, 3.05) is 0 Å². The van der Waals surface area contributed by atoms with Crippen LogP contribution in [0.3, 0.4) is 0 Å². The molecule has 0 saturated heterocycles. The molecular weight excluding hydrogens is 772 g/mol. The van der Waals surface area contributed by atoms with Gasteiger partial charge < -0.3 is 4.70 Å². The van der Waals surface area contributed by atoms with Crippen LogP contribution in [-0.4, -0.2) is 36.3 Å². The Hall–Kier alpha value is -0.334. The SMILES string of the molecule is Cc1cc(F)cc(Cl)c1.Cc1cc(F)cc(Cl)c1.Cc1cc(F)cc(F)c1.Clc1cc(Cl)cc(Cl)c1.[2H]F.[2H]F.[3H]C[B].[3H]F.[B].[B]C.[B]C.[F-].[K+]. The molecular formula is C30H33B4Cl5F8K. The Balaban J connectivity index is -0.0000000601. The molecule has 0 fully saturated rings. The van der Waals surface area contributed by atoms with Gasteiger partial charge in [-0.3, -0.25) is 14.2 Å². The molecule has 0 amide bonds. The zero-order valence-corrected chi connectivity index (χ0v) is 33.8. The van der Waals surface area contributed by atoms with E-state index in [1.165, 1.54) is 50.0 Å². The van der Waals surface area contributed by atoms with Gasteiger partial charge in [0.2, 0.25) is 0 Å². The standard InChI is InChI=1S/2C7H6ClF.C7H6F2.C6H3Cl3.3CH3B.B.4FH.K/c3*1-5-2-6(8)4-7(9)3-5;7-4-1-5(8)3-6(9)2-4;3*1-2;;;;;;/h3*2-4H,1H3;1-3H;3*1H3;;4*1H;/q;;;;;;;;;;;;+1/p-1/i;;;;1T;;;;;;;;/hTD2. The second-order valence-corrected chi connectivity index (χ2v) is 9.61. The molecule has 0 bridgehead atoms. The van der Waals surface area contributed by atoms with Crippen LogP contribution in [0, 0.1) is 44.0 Å². The van der Waals surface area contributed by atoms with Crippen molar-refractivity contribution in [3.8, 4) is 0 Å². The maximum Gasteiger partial charge on any atom is 1.00 e. The van der Waals surface area contributed by atoms with E-state index in [0.29, 0.717) is 30.7 Å². The monoisotopic (exact) mass is 809 g/mol. The zero-order chi connectivity index (χ0) is 40.1. The van der Waals surface area contributed by atoms with Crippen LogP contribution in [0.5, 0.6) is 0 Å². The van der Waals surface area contributed by atoms with E-state index in [1.807, 2.05) is 0 Å². The summed E-state index contributed by atoms with van der Waals surface area (Å²) in [7, 11) is 13.5. The summed E-state index contributed by atoms with van der Waals surface area (Å²) in [5, 5.41) is 2.59. The molecule has 48 heavy (non-hydrogen) atoms. The summed E-state index contributed by atoms with van der Waals surface area (Å²) in [4.78, 5) is 0. The van der Waals surface area contributed by atoms with Gasteiger partial charge in [0, 0.05) is 41.0 Å². The van der Waals surface area contributed by atoms with Crippen molar-refractivity contribution in [1.82, 2.24) is 0 Å². The normalized spacial score (nSPS) is 8.27. The fourth-order valence-electron chi connectivity index (χ4n) is 2.60. The van der Waals surface area contributed by atoms with Gasteiger partial charge in [-0.1, -0.05) is 78.5 Å². The van der Waals surface area contributed by atoms with Gasteiger partial charge in [-0.25, -0.2) is 17.6 Å². The first-order chi connectivity index (χ1) is 23.1. The summed E-state index contributed by atoms with van der Waals surface area (Å²) in [5.74, 6) is -1.60. The molecule has 4 rings (SSSR count). The van der Waals surface area contributed by atoms with E-state index >= 15 is 0 Å². The Morgan fingerprint density at radius 1 is 0.500 bits per heavy atom. The molecule has 0 unspecified atom stereocenters. The van der Waals surface area contributed by atoms with Crippen molar-refractivity contribution in [2.45, 2.75) is 41.2 Å². The van der Waals surface area contributed by atoms with Gasteiger partial charge in [0.1, 0.15) is 23.3 Å². The fraction of sp³-hybridized carbons (Fsp3) is 0.200. The molecule has 0 atom stereocenters. The Labute approximate surface area is 359 Å². The molecule has 0 N–H and O–H groups in total. The zero-order valence-electron chi connectivity index (χ0n) is 30.9. The third-order valence-electron chi connectivity index (χ3n) is 3.85. The molecule has 0 heterocycles. The quantitative estimate of drug-likeness (QED) is 0.147. The molecule has 257 valence electrons. The predicted octanol–water partition coefficient (Wildman–Crippen LogP) is 6.19. The minimum atomic E-state index is -0.521. The third kappa shape index (κ3) is 40.1. The van der Waals surface area contributed by atoms with Crippen LogP contribution in [0.1, 0.15) is 18.1 Å². The molecule has 18 heteroatoms. The van der Waals surface area contributed by atoms with Crippen LogP contribution in [0.25, 0.3) is 0 Å². The van der Waals surface area contributed by atoms with Crippen molar-refractivity contribution in [2.24, 2.45) is 0 Å². The minimum absolute atomic E-state index is 0. The smallest absolute Gasteiger partial charge is 1.00 e. The van der Waals surface area contributed by atoms with Crippen molar-refractivity contribution in [1.29, 1.82) is 4.35 Å². The van der Waals surface area contributed by atoms with Crippen LogP contribution in [0.15, 0.2) is 72.8 Å². The molecule has 4 aromatic carbocycles. The summed E-state index contributed by atoms with van der Waals surface area (Å²) in [6, 6.07) is 17.2. The van der Waals surface area contributed by atoms with Crippen molar-refractivity contribution in [3.05, 3.63) is 138 Å². The first-order valence-corrected chi connectivity index (χ1v) is 13.6. The summed E-state index contributed by atoms with van der Waals surface area (Å²) >= 11 is 27.8. The maximum absolute atomic E-state index is 12.3. The van der Waals surface area contributed by atoms with E-state index in [1.54, 1.807) is 51.1 Å². The van der Waals surface area contributed by atoms with Crippen LogP contribution in [0.4, 0.5) is 31.7 Å². The Bertz CT molecular complexity index is 955. The van der Waals surface area contributed by atoms with Crippen LogP contribution in [0.2, 0.25) is 45.6 Å². The van der Waals surface area contributed by atoms with Gasteiger partial charge >= 0.3 is 51.4 Å². The Morgan fingerprint density at radius 3 is 0.833 bits per heavy atom. The summed E-state index contributed by atoms with van der Waals surface area (Å²) in [5.41, 5.74) is 2.30. The first-order valence-electron chi connectivity index (χ1n) is 13.5. The summed E-state index contributed by atoms with van der Waals surface area (Å²) < 4.78 is 94.1. The van der Waals surface area contributed by atoms with Crippen molar-refractivity contribution in [3.63, 3.8) is 0 Å². The minimum Gasteiger partial charge on any atom is -1.00 e. The molecule has 0 saturated carbocycles. The van der Waals surface area contributed by atoms with Gasteiger partial charge in [0.25, 0.3) is 4.35 Å². The van der Waals surface area contributed by atoms with Gasteiger partial charge in [0.15, 0.2) is 0 Å². The maximum atomic E-state index is 12.3. The van der Waals surface area contributed by atoms with Crippen molar-refractivity contribution >= 4 is 90.0 Å². The number of hydrogen-bond acceptors (Lipinski definition) is 0. The average molecular weight is 811 g/mol. The molecule has 4 aromatic rings. The number of halogens is 13. The van der Waals surface area contributed by atoms with E-state index < -0.39 is 11.6 Å². The summed E-state index contributed by atoms with van der Waals surface area (Å²) in [6.45, 7) is 8.25. The largest absolute Gasteiger partial charge is 1.00 e. The van der Waals surface area contributed by atoms with E-state index in [9.17, 15) is 17.6 Å². The Kier molecular flexibility index (Phi) is 50.9. The van der Waals surface area contributed by atoms with Crippen LogP contribution in [-0.2, 0) is 0 Å². The van der Waals surface area contributed by atoms with Gasteiger partial charge in [-0.2, -0.15) is 0 Å². The van der Waals surface area contributed by atoms with Crippen LogP contribution < -0.4 is 56.1 Å². The molecule has 0 aliphatic rings. The van der Waals surface area contributed by atoms with E-state index in [0.717, 1.165) is 17.2 Å². The van der Waals surface area contributed by atoms with E-state index in [2.05, 4.69) is 27.9 Å². The molecule has 0 aliphatic heterocycles. The number of rotatable bonds is 0. The van der Waals surface area contributed by atoms with E-state index in [4.69, 9.17) is 73.5 Å². The van der Waals surface area contributed by atoms with Crippen molar-refractivity contribution < 1.29 is 89.2 Å². The number of aryl methyl sites for hydroxylation is 3. The molecule has 9 radical (unpaired) electrons. The molecule has 0 spiro atoms. The first kappa shape index (κ1) is 57.0. The topological polar surface area (TPSA) is 0 Å². The van der Waals surface area contributed by atoms with E-state index in [-0.39, 0.29) is 82.9 Å². The second kappa shape index (κ2) is 42.8. The molecule has 0 nitrogen and oxygen atoms in total. The molecule has 0 aliphatic carbocycles. The average Bonchev–Trinajstić information content (AvgIpc) is 3.01. The molecule has 0 aromatic heterocycles. The third-order valence-corrected chi connectivity index (χ3v) is 4.94.